The van der Waals surface area contributed by atoms with E-state index in [2.05, 4.69) is 0 Å². The number of benzene rings is 2. The Kier molecular flexibility index (Phi) is 4.45. The average Bonchev–Trinajstić information content (AvgIpc) is 2.85. The molecule has 0 unspecified atom stereocenters. The summed E-state index contributed by atoms with van der Waals surface area (Å²) in [6, 6.07) is 12.5. The second-order valence-electron chi connectivity index (χ2n) is 5.59. The summed E-state index contributed by atoms with van der Waals surface area (Å²) in [6.07, 6.45) is 2.42. The summed E-state index contributed by atoms with van der Waals surface area (Å²) in [7, 11) is -2.31. The highest BCUT2D eigenvalue weighted by Crippen LogP contribution is 2.32. The van der Waals surface area contributed by atoms with E-state index in [4.69, 9.17) is 4.74 Å². The van der Waals surface area contributed by atoms with Crippen LogP contribution >= 0.6 is 0 Å². The van der Waals surface area contributed by atoms with Crippen LogP contribution in [0.4, 0.5) is 5.69 Å². The van der Waals surface area contributed by atoms with Gasteiger partial charge in [0.15, 0.2) is 0 Å². The highest BCUT2D eigenvalue weighted by Gasteiger charge is 2.30. The summed E-state index contributed by atoms with van der Waals surface area (Å²) in [5.41, 5.74) is 2.03. The largest absolute Gasteiger partial charge is 0.506 e. The summed E-state index contributed by atoms with van der Waals surface area (Å²) in [5.74, 6) is 0.106. The lowest BCUT2D eigenvalue weighted by molar-refractivity contribution is 0.392. The van der Waals surface area contributed by atoms with Crippen LogP contribution in [0.5, 0.6) is 11.5 Å². The van der Waals surface area contributed by atoms with Crippen LogP contribution in [0.15, 0.2) is 54.5 Å². The molecule has 8 heteroatoms. The number of nitrogens with one attached hydrogen (secondary N) is 1. The van der Waals surface area contributed by atoms with E-state index in [0.29, 0.717) is 6.42 Å². The Morgan fingerprint density at radius 1 is 1.08 bits per heavy atom. The lowest BCUT2D eigenvalue weighted by atomic mass is 10.0. The standard InChI is InChI=1S/C17H18N2O5S/c1-24-14-4-2-3-12(9-14)5-6-13-7-8-15(16(20)10-13)19-11-17(21)18-25(19,22)23/h2-4,7-11,18,20-21H,5-6H2,1H3. The summed E-state index contributed by atoms with van der Waals surface area (Å²) in [6.45, 7) is 0. The molecule has 0 bridgehead atoms. The average molecular weight is 362 g/mol. The van der Waals surface area contributed by atoms with Gasteiger partial charge < -0.3 is 14.9 Å². The number of hydrogen-bond donors (Lipinski definition) is 3. The molecular weight excluding hydrogens is 344 g/mol. The third-order valence-electron chi connectivity index (χ3n) is 3.85. The highest BCUT2D eigenvalue weighted by atomic mass is 32.2. The van der Waals surface area contributed by atoms with Gasteiger partial charge in [-0.2, -0.15) is 8.42 Å². The lowest BCUT2D eigenvalue weighted by Crippen LogP contribution is -2.29. The first-order valence-electron chi connectivity index (χ1n) is 7.57. The van der Waals surface area contributed by atoms with Crippen LogP contribution in [-0.4, -0.2) is 25.7 Å². The Bertz CT molecular complexity index is 924. The molecule has 0 atom stereocenters. The van der Waals surface area contributed by atoms with E-state index in [9.17, 15) is 18.6 Å². The zero-order valence-corrected chi connectivity index (χ0v) is 14.3. The van der Waals surface area contributed by atoms with Crippen molar-refractivity contribution < 1.29 is 23.4 Å². The van der Waals surface area contributed by atoms with Gasteiger partial charge in [0.2, 0.25) is 5.88 Å². The summed E-state index contributed by atoms with van der Waals surface area (Å²) in [4.78, 5) is 0. The van der Waals surface area contributed by atoms with Crippen molar-refractivity contribution in [1.82, 2.24) is 4.72 Å². The van der Waals surface area contributed by atoms with Gasteiger partial charge in [0.05, 0.1) is 13.3 Å². The number of hydrogen-bond acceptors (Lipinski definition) is 5. The molecule has 1 aliphatic heterocycles. The fourth-order valence-corrected chi connectivity index (χ4v) is 3.68. The molecule has 1 heterocycles. The molecule has 25 heavy (non-hydrogen) atoms. The van der Waals surface area contributed by atoms with E-state index in [-0.39, 0.29) is 11.4 Å². The molecule has 0 fully saturated rings. The molecule has 0 aromatic heterocycles. The Morgan fingerprint density at radius 2 is 1.80 bits per heavy atom. The first-order chi connectivity index (χ1) is 11.9. The molecule has 132 valence electrons. The number of aromatic hydroxyl groups is 1. The fraction of sp³-hybridized carbons (Fsp3) is 0.176. The van der Waals surface area contributed by atoms with Gasteiger partial charge in [-0.1, -0.05) is 18.2 Å². The molecule has 0 spiro atoms. The predicted octanol–water partition coefficient (Wildman–Crippen LogP) is 2.20. The maximum Gasteiger partial charge on any atom is 0.330 e. The Labute approximate surface area is 146 Å². The molecule has 0 saturated carbocycles. The van der Waals surface area contributed by atoms with E-state index in [1.165, 1.54) is 12.1 Å². The maximum absolute atomic E-state index is 11.9. The van der Waals surface area contributed by atoms with E-state index >= 15 is 0 Å². The molecule has 0 aliphatic carbocycles. The number of rotatable bonds is 5. The first kappa shape index (κ1) is 17.0. The Hall–Kier alpha value is -2.87. The number of aryl methyl sites for hydroxylation is 2. The Morgan fingerprint density at radius 3 is 2.40 bits per heavy atom. The van der Waals surface area contributed by atoms with Crippen LogP contribution in [0.1, 0.15) is 11.1 Å². The zero-order valence-electron chi connectivity index (χ0n) is 13.5. The van der Waals surface area contributed by atoms with Crippen molar-refractivity contribution >= 4 is 15.9 Å². The van der Waals surface area contributed by atoms with Crippen LogP contribution in [0, 0.1) is 0 Å². The van der Waals surface area contributed by atoms with Crippen LogP contribution < -0.4 is 13.8 Å². The van der Waals surface area contributed by atoms with Gasteiger partial charge in [-0.15, -0.1) is 0 Å². The molecule has 2 aromatic rings. The number of ether oxygens (including phenoxy) is 1. The molecule has 7 nitrogen and oxygen atoms in total. The van der Waals surface area contributed by atoms with E-state index in [1.54, 1.807) is 13.2 Å². The molecule has 0 amide bonds. The van der Waals surface area contributed by atoms with Crippen molar-refractivity contribution in [2.45, 2.75) is 12.8 Å². The van der Waals surface area contributed by atoms with Gasteiger partial charge >= 0.3 is 10.2 Å². The zero-order chi connectivity index (χ0) is 18.0. The first-order valence-corrected chi connectivity index (χ1v) is 9.01. The molecule has 3 rings (SSSR count). The number of aliphatic hydroxyl groups is 1. The second kappa shape index (κ2) is 6.56. The van der Waals surface area contributed by atoms with E-state index < -0.39 is 16.1 Å². The van der Waals surface area contributed by atoms with Crippen molar-refractivity contribution in [2.24, 2.45) is 0 Å². The predicted molar refractivity (Wildman–Crippen MR) is 93.8 cm³/mol. The van der Waals surface area contributed by atoms with Crippen molar-refractivity contribution in [3.63, 3.8) is 0 Å². The quantitative estimate of drug-likeness (QED) is 0.757. The third-order valence-corrected chi connectivity index (χ3v) is 5.13. The molecule has 0 saturated heterocycles. The van der Waals surface area contributed by atoms with E-state index in [1.807, 2.05) is 29.0 Å². The topological polar surface area (TPSA) is 99.1 Å². The van der Waals surface area contributed by atoms with Crippen molar-refractivity contribution in [1.29, 1.82) is 0 Å². The van der Waals surface area contributed by atoms with Gasteiger partial charge in [0, 0.05) is 0 Å². The van der Waals surface area contributed by atoms with Crippen LogP contribution in [-0.2, 0) is 23.1 Å². The number of phenols is 1. The van der Waals surface area contributed by atoms with Gasteiger partial charge in [-0.3, -0.25) is 0 Å². The molecule has 2 aromatic carbocycles. The fourth-order valence-electron chi connectivity index (χ4n) is 2.61. The van der Waals surface area contributed by atoms with Crippen LogP contribution in [0.3, 0.4) is 0 Å². The van der Waals surface area contributed by atoms with Crippen molar-refractivity contribution in [2.75, 3.05) is 11.4 Å². The van der Waals surface area contributed by atoms with Crippen molar-refractivity contribution in [3.05, 3.63) is 65.7 Å². The number of aliphatic hydroxyl groups excluding tert-OH is 1. The Balaban J connectivity index is 1.76. The molecular formula is C17H18N2O5S. The van der Waals surface area contributed by atoms with Gasteiger partial charge in [-0.05, 0) is 48.2 Å². The smallest absolute Gasteiger partial charge is 0.330 e. The van der Waals surface area contributed by atoms with Crippen molar-refractivity contribution in [3.8, 4) is 11.5 Å². The van der Waals surface area contributed by atoms with Crippen LogP contribution in [0.2, 0.25) is 0 Å². The van der Waals surface area contributed by atoms with E-state index in [0.717, 1.165) is 33.8 Å². The maximum atomic E-state index is 11.9. The number of methoxy groups -OCH3 is 1. The summed E-state index contributed by atoms with van der Waals surface area (Å²) < 4.78 is 31.6. The molecule has 3 N–H and O–H groups in total. The number of phenolic OH excluding ortho intramolecular Hbond substituents is 1. The number of anilines is 1. The van der Waals surface area contributed by atoms with Gasteiger partial charge in [0.1, 0.15) is 17.2 Å². The highest BCUT2D eigenvalue weighted by molar-refractivity contribution is 7.91. The minimum Gasteiger partial charge on any atom is -0.506 e. The summed E-state index contributed by atoms with van der Waals surface area (Å²) >= 11 is 0. The van der Waals surface area contributed by atoms with Gasteiger partial charge in [-0.25, -0.2) is 9.03 Å². The third kappa shape index (κ3) is 3.63. The van der Waals surface area contributed by atoms with Gasteiger partial charge in [0.25, 0.3) is 0 Å². The summed E-state index contributed by atoms with van der Waals surface area (Å²) in [5, 5.41) is 19.5. The SMILES string of the molecule is COc1cccc(CCc2ccc(N3C=C(O)NS3(=O)=O)c(O)c2)c1. The second-order valence-corrected chi connectivity index (χ2v) is 7.14. The minimum atomic E-state index is -3.92. The minimum absolute atomic E-state index is 0.0710. The molecule has 1 aliphatic rings. The monoisotopic (exact) mass is 362 g/mol. The normalized spacial score (nSPS) is 15.6. The van der Waals surface area contributed by atoms with Crippen LogP contribution in [0.25, 0.3) is 0 Å². The lowest BCUT2D eigenvalue weighted by Gasteiger charge is -2.16. The molecule has 0 radical (unpaired) electrons. The number of nitrogens with zero attached hydrogens (tertiary/aromatic N) is 1.